The predicted octanol–water partition coefficient (Wildman–Crippen LogP) is 5.03. The monoisotopic (exact) mass is 468 g/mol. The van der Waals surface area contributed by atoms with Crippen LogP contribution in [0, 0.1) is 0 Å². The van der Waals surface area contributed by atoms with Gasteiger partial charge in [0.05, 0.1) is 10.9 Å². The van der Waals surface area contributed by atoms with E-state index in [9.17, 15) is 9.59 Å². The minimum Gasteiger partial charge on any atom is -0.267 e. The molecule has 0 saturated carbocycles. The topological polar surface area (TPSA) is 67.6 Å². The summed E-state index contributed by atoms with van der Waals surface area (Å²) in [6.07, 6.45) is 1.73. The minimum absolute atomic E-state index is 0.235. The van der Waals surface area contributed by atoms with Gasteiger partial charge in [-0.15, -0.1) is 0 Å². The molecule has 2 heterocycles. The van der Waals surface area contributed by atoms with Crippen molar-refractivity contribution < 1.29 is 4.79 Å². The molecule has 1 aromatic heterocycles. The van der Waals surface area contributed by atoms with Crippen molar-refractivity contribution in [2.75, 3.05) is 5.01 Å². The first-order valence-corrected chi connectivity index (χ1v) is 11.5. The summed E-state index contributed by atoms with van der Waals surface area (Å²) in [6.45, 7) is 0. The Morgan fingerprint density at radius 1 is 0.639 bits per heavy atom. The van der Waals surface area contributed by atoms with E-state index in [1.165, 1.54) is 9.69 Å². The fraction of sp³-hybridized carbons (Fsp3) is 0. The van der Waals surface area contributed by atoms with E-state index in [1.807, 2.05) is 97.1 Å². The fourth-order valence-electron chi connectivity index (χ4n) is 4.26. The molecule has 0 saturated heterocycles. The molecule has 1 amide bonds. The zero-order valence-electron chi connectivity index (χ0n) is 19.2. The molecule has 172 valence electrons. The predicted molar refractivity (Wildman–Crippen MR) is 142 cm³/mol. The maximum atomic E-state index is 14.0. The van der Waals surface area contributed by atoms with Gasteiger partial charge < -0.3 is 0 Å². The van der Waals surface area contributed by atoms with E-state index in [0.717, 1.165) is 5.56 Å². The van der Waals surface area contributed by atoms with Gasteiger partial charge in [-0.25, -0.2) is 9.98 Å². The highest BCUT2D eigenvalue weighted by Gasteiger charge is 2.35. The summed E-state index contributed by atoms with van der Waals surface area (Å²) in [5.41, 5.74) is 2.70. The normalized spacial score (nSPS) is 14.4. The number of para-hydroxylation sites is 1. The summed E-state index contributed by atoms with van der Waals surface area (Å²) in [5.74, 6) is 0.311. The van der Waals surface area contributed by atoms with Crippen LogP contribution in [0.4, 0.5) is 0 Å². The van der Waals surface area contributed by atoms with Crippen molar-refractivity contribution in [3.05, 3.63) is 142 Å². The van der Waals surface area contributed by atoms with Gasteiger partial charge in [0.1, 0.15) is 5.70 Å². The minimum atomic E-state index is -0.408. The SMILES string of the molecule is O=C1/C(=C\c2ccccc2)N=C(c2ccccc2)N1n1c(-c2ccccc2)nc2ccccc2c1=O. The number of aliphatic imine (C=N–C) groups is 1. The maximum absolute atomic E-state index is 14.0. The summed E-state index contributed by atoms with van der Waals surface area (Å²) in [6, 6.07) is 35.4. The van der Waals surface area contributed by atoms with E-state index >= 15 is 0 Å². The highest BCUT2D eigenvalue weighted by molar-refractivity contribution is 6.29. The third kappa shape index (κ3) is 3.71. The van der Waals surface area contributed by atoms with Crippen LogP contribution in [-0.4, -0.2) is 21.4 Å². The molecular weight excluding hydrogens is 448 g/mol. The third-order valence-electron chi connectivity index (χ3n) is 5.96. The van der Waals surface area contributed by atoms with Crippen molar-refractivity contribution in [2.45, 2.75) is 0 Å². The summed E-state index contributed by atoms with van der Waals surface area (Å²) in [5, 5.41) is 1.76. The molecule has 0 spiro atoms. The smallest absolute Gasteiger partial charge is 0.267 e. The fourth-order valence-corrected chi connectivity index (χ4v) is 4.26. The quantitative estimate of drug-likeness (QED) is 0.348. The first-order chi connectivity index (χ1) is 17.7. The van der Waals surface area contributed by atoms with Gasteiger partial charge in [0.15, 0.2) is 11.7 Å². The maximum Gasteiger partial charge on any atom is 0.297 e. The van der Waals surface area contributed by atoms with Crippen LogP contribution in [0.25, 0.3) is 28.4 Å². The Kier molecular flexibility index (Phi) is 5.31. The van der Waals surface area contributed by atoms with E-state index in [4.69, 9.17) is 9.98 Å². The molecule has 0 atom stereocenters. The second kappa shape index (κ2) is 8.92. The zero-order chi connectivity index (χ0) is 24.5. The van der Waals surface area contributed by atoms with Gasteiger partial charge >= 0.3 is 0 Å². The molecule has 36 heavy (non-hydrogen) atoms. The molecule has 0 radical (unpaired) electrons. The van der Waals surface area contributed by atoms with Gasteiger partial charge in [-0.05, 0) is 23.8 Å². The molecular formula is C30H20N4O2. The Balaban J connectivity index is 1.64. The number of hydrogen-bond donors (Lipinski definition) is 0. The molecule has 0 N–H and O–H groups in total. The van der Waals surface area contributed by atoms with E-state index in [0.29, 0.717) is 33.7 Å². The highest BCUT2D eigenvalue weighted by atomic mass is 16.2. The highest BCUT2D eigenvalue weighted by Crippen LogP contribution is 2.25. The standard InChI is InChI=1S/C30H20N4O2/c35-29-24-18-10-11-19-25(24)31-27(22-14-6-2-7-15-22)33(29)34-28(23-16-8-3-9-17-23)32-26(30(34)36)20-21-12-4-1-5-13-21/h1-20H/b26-20+. The molecule has 0 fully saturated rings. The lowest BCUT2D eigenvalue weighted by molar-refractivity contribution is -0.115. The summed E-state index contributed by atoms with van der Waals surface area (Å²) >= 11 is 0. The zero-order valence-corrected chi connectivity index (χ0v) is 19.2. The van der Waals surface area contributed by atoms with Gasteiger partial charge in [-0.3, -0.25) is 9.59 Å². The van der Waals surface area contributed by atoms with Crippen LogP contribution in [0.2, 0.25) is 0 Å². The molecule has 0 unspecified atom stereocenters. The number of nitrogens with zero attached hydrogens (tertiary/aromatic N) is 4. The second-order valence-electron chi connectivity index (χ2n) is 8.29. The summed E-state index contributed by atoms with van der Waals surface area (Å²) < 4.78 is 1.34. The molecule has 6 heteroatoms. The lowest BCUT2D eigenvalue weighted by atomic mass is 10.2. The van der Waals surface area contributed by atoms with Crippen molar-refractivity contribution >= 4 is 28.7 Å². The molecule has 1 aliphatic heterocycles. The van der Waals surface area contributed by atoms with Crippen LogP contribution in [0.1, 0.15) is 11.1 Å². The Labute approximate surface area is 207 Å². The van der Waals surface area contributed by atoms with Crippen LogP contribution in [0.5, 0.6) is 0 Å². The Morgan fingerprint density at radius 2 is 1.22 bits per heavy atom. The van der Waals surface area contributed by atoms with E-state index < -0.39 is 5.91 Å². The van der Waals surface area contributed by atoms with Crippen LogP contribution in [-0.2, 0) is 4.79 Å². The van der Waals surface area contributed by atoms with Crippen molar-refractivity contribution in [1.82, 2.24) is 9.66 Å². The number of rotatable bonds is 4. The molecule has 6 rings (SSSR count). The van der Waals surface area contributed by atoms with Crippen molar-refractivity contribution in [3.63, 3.8) is 0 Å². The summed E-state index contributed by atoms with van der Waals surface area (Å²) in [4.78, 5) is 37.4. The number of amidine groups is 1. The van der Waals surface area contributed by atoms with Crippen LogP contribution in [0.15, 0.2) is 131 Å². The van der Waals surface area contributed by atoms with Crippen LogP contribution in [0.3, 0.4) is 0 Å². The molecule has 0 bridgehead atoms. The number of carbonyl (C=O) groups excluding carboxylic acids is 1. The molecule has 1 aliphatic rings. The van der Waals surface area contributed by atoms with Gasteiger partial charge in [0.25, 0.3) is 11.5 Å². The molecule has 4 aromatic carbocycles. The largest absolute Gasteiger partial charge is 0.297 e. The Morgan fingerprint density at radius 3 is 1.92 bits per heavy atom. The second-order valence-corrected chi connectivity index (χ2v) is 8.29. The van der Waals surface area contributed by atoms with Crippen molar-refractivity contribution in [1.29, 1.82) is 0 Å². The number of fused-ring (bicyclic) bond motifs is 1. The van der Waals surface area contributed by atoms with E-state index in [1.54, 1.807) is 24.3 Å². The van der Waals surface area contributed by atoms with Gasteiger partial charge in [-0.2, -0.15) is 9.69 Å². The van der Waals surface area contributed by atoms with Gasteiger partial charge in [0, 0.05) is 11.1 Å². The Hall–Kier alpha value is -5.10. The molecule has 6 nitrogen and oxygen atoms in total. The van der Waals surface area contributed by atoms with Crippen molar-refractivity contribution in [2.24, 2.45) is 4.99 Å². The Bertz CT molecular complexity index is 1710. The molecule has 5 aromatic rings. The lowest BCUT2D eigenvalue weighted by Gasteiger charge is -2.23. The van der Waals surface area contributed by atoms with E-state index in [2.05, 4.69) is 0 Å². The average molecular weight is 469 g/mol. The molecule has 0 aliphatic carbocycles. The third-order valence-corrected chi connectivity index (χ3v) is 5.96. The first kappa shape index (κ1) is 21.4. The van der Waals surface area contributed by atoms with Crippen LogP contribution >= 0.6 is 0 Å². The van der Waals surface area contributed by atoms with Crippen LogP contribution < -0.4 is 10.6 Å². The lowest BCUT2D eigenvalue weighted by Crippen LogP contribution is -2.49. The summed E-state index contributed by atoms with van der Waals surface area (Å²) in [7, 11) is 0. The number of aromatic nitrogens is 2. The number of benzene rings is 4. The van der Waals surface area contributed by atoms with Gasteiger partial charge in [-0.1, -0.05) is 103 Å². The van der Waals surface area contributed by atoms with E-state index in [-0.39, 0.29) is 11.3 Å². The van der Waals surface area contributed by atoms with Crippen molar-refractivity contribution in [3.8, 4) is 11.4 Å². The first-order valence-electron chi connectivity index (χ1n) is 11.5. The number of amides is 1. The average Bonchev–Trinajstić information content (AvgIpc) is 3.25. The van der Waals surface area contributed by atoms with Gasteiger partial charge in [0.2, 0.25) is 0 Å². The number of hydrogen-bond acceptors (Lipinski definition) is 4. The number of carbonyl (C=O) groups is 1.